The van der Waals surface area contributed by atoms with Gasteiger partial charge in [-0.25, -0.2) is 0 Å². The van der Waals surface area contributed by atoms with Crippen LogP contribution in [0.15, 0.2) is 48.5 Å². The zero-order valence-corrected chi connectivity index (χ0v) is 12.2. The van der Waals surface area contributed by atoms with Crippen molar-refractivity contribution in [2.45, 2.75) is 24.4 Å². The summed E-state index contributed by atoms with van der Waals surface area (Å²) in [5.41, 5.74) is 2.45. The summed E-state index contributed by atoms with van der Waals surface area (Å²) in [6.07, 6.45) is 0. The van der Waals surface area contributed by atoms with Crippen molar-refractivity contribution in [3.05, 3.63) is 54.6 Å². The molecule has 0 atom stereocenters. The topological polar surface area (TPSA) is 9.23 Å². The summed E-state index contributed by atoms with van der Waals surface area (Å²) in [5.74, 6) is 1.02. The molecule has 0 aliphatic carbocycles. The van der Waals surface area contributed by atoms with Crippen LogP contribution in [0.4, 0.5) is 0 Å². The molecule has 0 aliphatic heterocycles. The van der Waals surface area contributed by atoms with Gasteiger partial charge in [-0.15, -0.1) is 0 Å². The molecule has 2 aromatic carbocycles. The third-order valence-electron chi connectivity index (χ3n) is 3.12. The normalized spacial score (nSPS) is 10.1. The molecule has 18 heavy (non-hydrogen) atoms. The van der Waals surface area contributed by atoms with Gasteiger partial charge in [0.1, 0.15) is 0 Å². The van der Waals surface area contributed by atoms with Gasteiger partial charge < -0.3 is 3.79 Å². The van der Waals surface area contributed by atoms with Crippen molar-refractivity contribution in [1.29, 1.82) is 0 Å². The predicted molar refractivity (Wildman–Crippen MR) is 78.1 cm³/mol. The van der Waals surface area contributed by atoms with E-state index in [-0.39, 0.29) is 0 Å². The van der Waals surface area contributed by atoms with E-state index in [4.69, 9.17) is 3.79 Å². The lowest BCUT2D eigenvalue weighted by Gasteiger charge is -2.12. The molecule has 0 unspecified atom stereocenters. The lowest BCUT2D eigenvalue weighted by Crippen LogP contribution is -2.18. The van der Waals surface area contributed by atoms with E-state index < -0.39 is 14.5 Å². The number of hydrogen-bond donors (Lipinski definition) is 0. The summed E-state index contributed by atoms with van der Waals surface area (Å²) in [7, 11) is 0. The van der Waals surface area contributed by atoms with Crippen LogP contribution >= 0.6 is 0 Å². The van der Waals surface area contributed by atoms with Crippen LogP contribution in [0.3, 0.4) is 0 Å². The fourth-order valence-electron chi connectivity index (χ4n) is 1.95. The van der Waals surface area contributed by atoms with Crippen molar-refractivity contribution >= 4 is 14.5 Å². The average Bonchev–Trinajstić information content (AvgIpc) is 2.46. The number of rotatable bonds is 5. The molecule has 0 aliphatic rings. The van der Waals surface area contributed by atoms with Crippen molar-refractivity contribution in [3.8, 4) is 16.9 Å². The Morgan fingerprint density at radius 1 is 0.889 bits per heavy atom. The van der Waals surface area contributed by atoms with Gasteiger partial charge in [0.25, 0.3) is 0 Å². The summed E-state index contributed by atoms with van der Waals surface area (Å²) in [6.45, 7) is 4.43. The minimum absolute atomic E-state index is 1.01. The van der Waals surface area contributed by atoms with Gasteiger partial charge in [-0.3, -0.25) is 0 Å². The Hall–Kier alpha value is -1.23. The van der Waals surface area contributed by atoms with Crippen molar-refractivity contribution in [1.82, 2.24) is 0 Å². The monoisotopic (exact) mass is 253 g/mol. The molecule has 2 heteroatoms. The molecular weight excluding hydrogens is 235 g/mol. The van der Waals surface area contributed by atoms with Crippen LogP contribution in [-0.2, 0) is 0 Å². The lowest BCUT2D eigenvalue weighted by molar-refractivity contribution is 0.566. The predicted octanol–water partition coefficient (Wildman–Crippen LogP) is 4.56. The van der Waals surface area contributed by atoms with E-state index in [1.807, 2.05) is 12.1 Å². The average molecular weight is 253 g/mol. The first-order chi connectivity index (χ1) is 8.83. The van der Waals surface area contributed by atoms with E-state index >= 15 is 0 Å². The zero-order valence-electron chi connectivity index (χ0n) is 11.0. The van der Waals surface area contributed by atoms with E-state index in [0.29, 0.717) is 0 Å². The van der Waals surface area contributed by atoms with E-state index in [0.717, 1.165) is 5.75 Å². The molecule has 0 fully saturated rings. The molecule has 0 N–H and O–H groups in total. The van der Waals surface area contributed by atoms with Gasteiger partial charge in [-0.2, -0.15) is 0 Å². The third kappa shape index (κ3) is 3.38. The molecule has 0 spiro atoms. The lowest BCUT2D eigenvalue weighted by atomic mass is 10.1. The molecule has 0 saturated carbocycles. The van der Waals surface area contributed by atoms with Crippen molar-refractivity contribution in [2.24, 2.45) is 0 Å². The number of benzene rings is 2. The second-order valence-corrected chi connectivity index (χ2v) is 7.48. The van der Waals surface area contributed by atoms with Crippen LogP contribution in [0.1, 0.15) is 13.8 Å². The molecule has 0 heterocycles. The maximum absolute atomic E-state index is 6.04. The molecule has 0 amide bonds. The molecule has 2 aromatic rings. The Bertz CT molecular complexity index is 460. The van der Waals surface area contributed by atoms with Crippen LogP contribution in [0.2, 0.25) is 10.6 Å². The molecule has 0 aromatic heterocycles. The van der Waals surface area contributed by atoms with E-state index in [2.05, 4.69) is 56.3 Å². The van der Waals surface area contributed by atoms with E-state index in [9.17, 15) is 0 Å². The SMILES string of the molecule is C[CH2][Al]([CH2]C)[O]c1ccc(-c2cc[c]cc2)cc1. The molecule has 0 saturated heterocycles. The van der Waals surface area contributed by atoms with Crippen LogP contribution in [-0.4, -0.2) is 14.5 Å². The fraction of sp³-hybridized carbons (Fsp3) is 0.250. The van der Waals surface area contributed by atoms with Gasteiger partial charge in [0, 0.05) is 0 Å². The summed E-state index contributed by atoms with van der Waals surface area (Å²) >= 11 is -1.01. The molecular formula is C16H18AlO. The summed E-state index contributed by atoms with van der Waals surface area (Å²) in [5, 5.41) is 2.37. The highest BCUT2D eigenvalue weighted by atomic mass is 27.2. The van der Waals surface area contributed by atoms with Crippen LogP contribution in [0, 0.1) is 6.07 Å². The highest BCUT2D eigenvalue weighted by molar-refractivity contribution is 6.52. The Kier molecular flexibility index (Phi) is 4.87. The van der Waals surface area contributed by atoms with E-state index in [1.54, 1.807) is 0 Å². The van der Waals surface area contributed by atoms with Gasteiger partial charge in [0.05, 0.1) is 5.75 Å². The second-order valence-electron chi connectivity index (χ2n) is 4.37. The maximum atomic E-state index is 6.04. The van der Waals surface area contributed by atoms with Gasteiger partial charge >= 0.3 is 14.5 Å². The molecule has 1 radical (unpaired) electrons. The fourth-order valence-corrected chi connectivity index (χ4v) is 3.41. The molecule has 2 rings (SSSR count). The van der Waals surface area contributed by atoms with Crippen molar-refractivity contribution < 1.29 is 3.79 Å². The smallest absolute Gasteiger partial charge is 0.546 e. The van der Waals surface area contributed by atoms with Crippen molar-refractivity contribution in [3.63, 3.8) is 0 Å². The van der Waals surface area contributed by atoms with Crippen molar-refractivity contribution in [2.75, 3.05) is 0 Å². The van der Waals surface area contributed by atoms with Crippen LogP contribution < -0.4 is 3.79 Å². The minimum Gasteiger partial charge on any atom is -0.643 e. The first kappa shape index (κ1) is 13.2. The van der Waals surface area contributed by atoms with E-state index in [1.165, 1.54) is 21.7 Å². The Morgan fingerprint density at radius 2 is 1.44 bits per heavy atom. The largest absolute Gasteiger partial charge is 0.643 e. The van der Waals surface area contributed by atoms with Crippen LogP contribution in [0.5, 0.6) is 5.75 Å². The Balaban J connectivity index is 2.11. The first-order valence-electron chi connectivity index (χ1n) is 6.56. The maximum Gasteiger partial charge on any atom is 0.546 e. The third-order valence-corrected chi connectivity index (χ3v) is 5.55. The molecule has 1 nitrogen and oxygen atoms in total. The zero-order chi connectivity index (χ0) is 12.8. The highest BCUT2D eigenvalue weighted by Crippen LogP contribution is 2.22. The number of hydrogen-bond acceptors (Lipinski definition) is 1. The summed E-state index contributed by atoms with van der Waals surface area (Å²) < 4.78 is 6.04. The Morgan fingerprint density at radius 3 is 2.00 bits per heavy atom. The van der Waals surface area contributed by atoms with Gasteiger partial charge in [-0.05, 0) is 29.3 Å². The Labute approximate surface area is 114 Å². The first-order valence-corrected chi connectivity index (χ1v) is 8.67. The molecule has 91 valence electrons. The summed E-state index contributed by atoms with van der Waals surface area (Å²) in [6, 6.07) is 19.5. The van der Waals surface area contributed by atoms with Crippen LogP contribution in [0.25, 0.3) is 11.1 Å². The van der Waals surface area contributed by atoms with Gasteiger partial charge in [0.2, 0.25) is 0 Å². The van der Waals surface area contributed by atoms with Gasteiger partial charge in [0.15, 0.2) is 0 Å². The quantitative estimate of drug-likeness (QED) is 0.709. The summed E-state index contributed by atoms with van der Waals surface area (Å²) in [4.78, 5) is 0. The second kappa shape index (κ2) is 6.64. The minimum atomic E-state index is -1.01. The van der Waals surface area contributed by atoms with Gasteiger partial charge in [-0.1, -0.05) is 60.8 Å². The standard InChI is InChI=1S/C12H9O.2C2H5.Al/c13-12-8-6-11(7-9-12)10-4-2-1-3-5-10;2*1-2;/h2-9,13H;2*1H2,2H3;/q;;;+1/p-1. The highest BCUT2D eigenvalue weighted by Gasteiger charge is 2.17. The molecule has 0 bridgehead atoms.